The molecule has 15 heteroatoms. The molecule has 2 aliphatic rings. The van der Waals surface area contributed by atoms with Gasteiger partial charge in [0.1, 0.15) is 36.7 Å². The number of aliphatic hydroxyl groups is 1. The van der Waals surface area contributed by atoms with Crippen LogP contribution in [-0.4, -0.2) is 97.8 Å². The van der Waals surface area contributed by atoms with Crippen LogP contribution in [0.1, 0.15) is 60.8 Å². The lowest BCUT2D eigenvalue weighted by molar-refractivity contribution is -0.144. The zero-order valence-corrected chi connectivity index (χ0v) is 37.1. The van der Waals surface area contributed by atoms with Gasteiger partial charge in [0.15, 0.2) is 5.78 Å². The van der Waals surface area contributed by atoms with Crippen LogP contribution in [0.15, 0.2) is 103 Å². The van der Waals surface area contributed by atoms with E-state index >= 15 is 0 Å². The summed E-state index contributed by atoms with van der Waals surface area (Å²) in [7, 11) is 0. The van der Waals surface area contributed by atoms with E-state index in [4.69, 9.17) is 14.6 Å². The minimum atomic E-state index is -0.979. The number of hydrogen-bond acceptors (Lipinski definition) is 11. The number of aryl methyl sites for hydroxylation is 2. The normalized spacial score (nSPS) is 16.4. The zero-order valence-electron chi connectivity index (χ0n) is 36.2. The van der Waals surface area contributed by atoms with Gasteiger partial charge >= 0.3 is 0 Å². The minimum Gasteiger partial charge on any atom is -0.491 e. The second-order valence-corrected chi connectivity index (χ2v) is 18.1. The second kappa shape index (κ2) is 19.1. The van der Waals surface area contributed by atoms with E-state index < -0.39 is 35.4 Å². The molecule has 3 aromatic heterocycles. The largest absolute Gasteiger partial charge is 0.491 e. The van der Waals surface area contributed by atoms with Crippen molar-refractivity contribution in [3.8, 4) is 44.3 Å². The maximum Gasteiger partial charge on any atom is 0.246 e. The molecule has 3 amide bonds. The van der Waals surface area contributed by atoms with Gasteiger partial charge < -0.3 is 30.1 Å². The second-order valence-electron chi connectivity index (χ2n) is 17.2. The molecule has 1 aliphatic carbocycles. The number of nitrogens with zero attached hydrogens (tertiary/aromatic N) is 5. The number of carbonyl (C=O) groups is 4. The summed E-state index contributed by atoms with van der Waals surface area (Å²) in [6.07, 6.45) is 5.94. The minimum absolute atomic E-state index is 0.0219. The first-order chi connectivity index (χ1) is 30.8. The highest BCUT2D eigenvalue weighted by Crippen LogP contribution is 2.35. The van der Waals surface area contributed by atoms with Gasteiger partial charge in [0.05, 0.1) is 34.5 Å². The van der Waals surface area contributed by atoms with Crippen molar-refractivity contribution < 1.29 is 33.8 Å². The van der Waals surface area contributed by atoms with Crippen molar-refractivity contribution in [1.82, 2.24) is 35.3 Å². The fourth-order valence-electron chi connectivity index (χ4n) is 8.12. The first kappa shape index (κ1) is 44.1. The van der Waals surface area contributed by atoms with Gasteiger partial charge in [-0.05, 0) is 77.4 Å². The Labute approximate surface area is 375 Å². The molecule has 0 saturated carbocycles. The molecule has 14 nitrogen and oxygen atoms in total. The van der Waals surface area contributed by atoms with E-state index in [9.17, 15) is 24.3 Å². The van der Waals surface area contributed by atoms with E-state index in [0.29, 0.717) is 12.2 Å². The summed E-state index contributed by atoms with van der Waals surface area (Å²) in [5, 5.41) is 21.3. The van der Waals surface area contributed by atoms with Crippen LogP contribution in [-0.2, 0) is 32.1 Å². The number of rotatable bonds is 15. The van der Waals surface area contributed by atoms with Crippen molar-refractivity contribution in [3.05, 3.63) is 125 Å². The Kier molecular flexibility index (Phi) is 13.1. The molecule has 1 aliphatic heterocycles. The van der Waals surface area contributed by atoms with Gasteiger partial charge in [0.2, 0.25) is 17.7 Å². The van der Waals surface area contributed by atoms with Gasteiger partial charge in [-0.15, -0.1) is 11.3 Å². The van der Waals surface area contributed by atoms with Crippen molar-refractivity contribution in [2.45, 2.75) is 71.7 Å². The molecule has 6 aromatic rings. The highest BCUT2D eigenvalue weighted by molar-refractivity contribution is 7.13. The molecule has 3 atom stereocenters. The van der Waals surface area contributed by atoms with E-state index in [1.54, 1.807) is 23.7 Å². The van der Waals surface area contributed by atoms with Gasteiger partial charge in [-0.3, -0.25) is 24.2 Å². The Morgan fingerprint density at radius 1 is 0.922 bits per heavy atom. The lowest BCUT2D eigenvalue weighted by Crippen LogP contribution is -2.58. The molecule has 3 N–H and O–H groups in total. The number of β-amino-alcohol motifs (C(OH)–C–C–N with tert-alkyl or cyclic N) is 1. The SMILES string of the molecule is Cc1ncsc1-c1ccc(CNC(=O)[C@H]2C[C@@H](O)CN2C(=O)[C@@H](NC(=O)COCCOc2ccc(-n3cc(-c4ccc5c(c4)CCC5=O)c(-c4ccncc4)n3)cc2)C(C)(C)C)cc1. The van der Waals surface area contributed by atoms with Gasteiger partial charge in [0.25, 0.3) is 0 Å². The lowest BCUT2D eigenvalue weighted by atomic mass is 9.85. The van der Waals surface area contributed by atoms with Gasteiger partial charge in [-0.25, -0.2) is 9.67 Å². The summed E-state index contributed by atoms with van der Waals surface area (Å²) in [4.78, 5) is 63.8. The Morgan fingerprint density at radius 2 is 1.67 bits per heavy atom. The maximum atomic E-state index is 14.0. The van der Waals surface area contributed by atoms with Crippen molar-refractivity contribution in [1.29, 1.82) is 0 Å². The molecule has 0 radical (unpaired) electrons. The number of thiazole rings is 1. The molecule has 1 fully saturated rings. The van der Waals surface area contributed by atoms with E-state index in [1.807, 2.05) is 117 Å². The standard InChI is InChI=1S/C49H51N7O7S/c1-30-45(64-29-52-30)33-7-5-31(6-8-33)25-51-47(60)41-24-37(57)26-55(41)48(61)46(49(2,3)4)53-43(59)28-62-21-22-63-38-13-11-36(12-14-38)56-27-40(44(54-56)32-17-19-50-20-18-32)35-9-15-39-34(23-35)10-16-42(39)58/h5-9,11-15,17-20,23,27,29,37,41,46,57H,10,16,21-22,24-26,28H2,1-4H3,(H,51,60)(H,53,59)/t37-,41-,46-/m1/s1. The smallest absolute Gasteiger partial charge is 0.246 e. The van der Waals surface area contributed by atoms with E-state index in [0.717, 1.165) is 67.3 Å². The maximum absolute atomic E-state index is 14.0. The number of likely N-dealkylation sites (tertiary alicyclic amines) is 1. The van der Waals surface area contributed by atoms with Crippen LogP contribution in [0.3, 0.4) is 0 Å². The van der Waals surface area contributed by atoms with Gasteiger partial charge in [-0.2, -0.15) is 5.10 Å². The molecule has 3 aromatic carbocycles. The van der Waals surface area contributed by atoms with Crippen molar-refractivity contribution in [3.63, 3.8) is 0 Å². The molecule has 1 saturated heterocycles. The van der Waals surface area contributed by atoms with Crippen molar-refractivity contribution in [2.75, 3.05) is 26.4 Å². The van der Waals surface area contributed by atoms with Crippen molar-refractivity contribution in [2.24, 2.45) is 5.41 Å². The fraction of sp³-hybridized carbons (Fsp3) is 0.327. The molecule has 0 unspecified atom stereocenters. The average Bonchev–Trinajstić information content (AvgIpc) is 4.11. The summed E-state index contributed by atoms with van der Waals surface area (Å²) in [5.41, 5.74) is 10.3. The molecule has 4 heterocycles. The number of aliphatic hydroxyl groups excluding tert-OH is 1. The van der Waals surface area contributed by atoms with Crippen LogP contribution in [0.2, 0.25) is 0 Å². The number of carbonyl (C=O) groups excluding carboxylic acids is 4. The monoisotopic (exact) mass is 881 g/mol. The zero-order chi connectivity index (χ0) is 45.0. The summed E-state index contributed by atoms with van der Waals surface area (Å²) in [6.45, 7) is 7.67. The van der Waals surface area contributed by atoms with Gasteiger partial charge in [-0.1, -0.05) is 63.2 Å². The van der Waals surface area contributed by atoms with Crippen LogP contribution in [0, 0.1) is 12.3 Å². The van der Waals surface area contributed by atoms with E-state index in [-0.39, 0.29) is 51.0 Å². The Balaban J connectivity index is 0.824. The Hall–Kier alpha value is -6.55. The predicted octanol–water partition coefficient (Wildman–Crippen LogP) is 6.37. The molecule has 0 spiro atoms. The number of amides is 3. The number of ketones is 1. The first-order valence-electron chi connectivity index (χ1n) is 21.3. The molecule has 330 valence electrons. The van der Waals surface area contributed by atoms with Crippen LogP contribution >= 0.6 is 11.3 Å². The summed E-state index contributed by atoms with van der Waals surface area (Å²) in [5.74, 6) is -0.532. The molecular weight excluding hydrogens is 831 g/mol. The fourth-order valence-corrected chi connectivity index (χ4v) is 8.94. The van der Waals surface area contributed by atoms with Crippen LogP contribution in [0.4, 0.5) is 0 Å². The topological polar surface area (TPSA) is 178 Å². The average molecular weight is 882 g/mol. The highest BCUT2D eigenvalue weighted by atomic mass is 32.1. The molecule has 64 heavy (non-hydrogen) atoms. The molecule has 8 rings (SSSR count). The number of pyridine rings is 1. The summed E-state index contributed by atoms with van der Waals surface area (Å²) < 4.78 is 13.4. The van der Waals surface area contributed by atoms with Crippen LogP contribution in [0.25, 0.3) is 38.5 Å². The van der Waals surface area contributed by atoms with E-state index in [1.165, 1.54) is 4.90 Å². The number of ether oxygens (including phenoxy) is 2. The summed E-state index contributed by atoms with van der Waals surface area (Å²) >= 11 is 1.57. The third-order valence-corrected chi connectivity index (χ3v) is 12.5. The van der Waals surface area contributed by atoms with Gasteiger partial charge in [0, 0.05) is 61.2 Å². The quantitative estimate of drug-likeness (QED) is 0.0983. The number of Topliss-reactive ketones (excluding diaryl/α,β-unsaturated/α-hetero) is 1. The Bertz CT molecular complexity index is 2640. The number of nitrogens with one attached hydrogen (secondary N) is 2. The lowest BCUT2D eigenvalue weighted by Gasteiger charge is -2.35. The summed E-state index contributed by atoms with van der Waals surface area (Å²) in [6, 6.07) is 23.3. The van der Waals surface area contributed by atoms with Crippen LogP contribution in [0.5, 0.6) is 5.75 Å². The third-order valence-electron chi connectivity index (χ3n) is 11.5. The number of aromatic nitrogens is 4. The van der Waals surface area contributed by atoms with Crippen LogP contribution < -0.4 is 15.4 Å². The third kappa shape index (κ3) is 9.96. The molecular formula is C49H51N7O7S. The molecule has 0 bridgehead atoms. The number of hydrogen-bond donors (Lipinski definition) is 3. The predicted molar refractivity (Wildman–Crippen MR) is 243 cm³/mol. The first-order valence-corrected chi connectivity index (χ1v) is 22.2. The van der Waals surface area contributed by atoms with E-state index in [2.05, 4.69) is 26.7 Å². The Morgan fingerprint density at radius 3 is 2.39 bits per heavy atom. The van der Waals surface area contributed by atoms with Crippen molar-refractivity contribution >= 4 is 34.8 Å². The highest BCUT2D eigenvalue weighted by Gasteiger charge is 2.44. The number of benzene rings is 3. The number of fused-ring (bicyclic) bond motifs is 1.